The van der Waals surface area contributed by atoms with Crippen molar-refractivity contribution in [3.63, 3.8) is 0 Å². The van der Waals surface area contributed by atoms with Crippen molar-refractivity contribution in [3.05, 3.63) is 47.9 Å². The number of amides is 2. The van der Waals surface area contributed by atoms with E-state index in [9.17, 15) is 9.59 Å². The number of ether oxygens (including phenoxy) is 1. The highest BCUT2D eigenvalue weighted by atomic mass is 16.5. The highest BCUT2D eigenvalue weighted by molar-refractivity contribution is 5.99. The van der Waals surface area contributed by atoms with E-state index in [-0.39, 0.29) is 11.5 Å². The standard InChI is InChI=1S/C19H19N5O4/c1-23-16(19(26)24-4-6-28-7-5-24)10-13-9-15(21-11-17(13)23)14-8-12(2-3-20-14)18(25)22-27/h2-3,8-11,27H,4-7H2,1H3,(H,22,25). The zero-order valence-electron chi connectivity index (χ0n) is 15.3. The Balaban J connectivity index is 1.70. The van der Waals surface area contributed by atoms with Gasteiger partial charge in [-0.3, -0.25) is 24.8 Å². The molecule has 3 aromatic rings. The molecule has 1 aliphatic rings. The Morgan fingerprint density at radius 1 is 1.14 bits per heavy atom. The number of aryl methyl sites for hydroxylation is 1. The predicted molar refractivity (Wildman–Crippen MR) is 99.9 cm³/mol. The summed E-state index contributed by atoms with van der Waals surface area (Å²) < 4.78 is 7.14. The fourth-order valence-electron chi connectivity index (χ4n) is 3.28. The van der Waals surface area contributed by atoms with E-state index in [0.717, 1.165) is 10.9 Å². The second-order valence-electron chi connectivity index (χ2n) is 6.49. The van der Waals surface area contributed by atoms with Crippen LogP contribution < -0.4 is 5.48 Å². The van der Waals surface area contributed by atoms with E-state index in [2.05, 4.69) is 9.97 Å². The number of carbonyl (C=O) groups is 2. The zero-order chi connectivity index (χ0) is 19.7. The average Bonchev–Trinajstić information content (AvgIpc) is 3.09. The summed E-state index contributed by atoms with van der Waals surface area (Å²) in [5.41, 5.74) is 4.34. The minimum absolute atomic E-state index is 0.0386. The van der Waals surface area contributed by atoms with Gasteiger partial charge in [-0.05, 0) is 24.3 Å². The third kappa shape index (κ3) is 3.21. The first-order valence-corrected chi connectivity index (χ1v) is 8.82. The smallest absolute Gasteiger partial charge is 0.274 e. The molecule has 0 aliphatic carbocycles. The maximum Gasteiger partial charge on any atom is 0.274 e. The van der Waals surface area contributed by atoms with Gasteiger partial charge in [0.2, 0.25) is 0 Å². The maximum absolute atomic E-state index is 12.8. The van der Waals surface area contributed by atoms with Gasteiger partial charge in [0, 0.05) is 37.3 Å². The van der Waals surface area contributed by atoms with Crippen LogP contribution in [0.3, 0.4) is 0 Å². The number of carbonyl (C=O) groups excluding carboxylic acids is 2. The molecule has 1 saturated heterocycles. The van der Waals surface area contributed by atoms with E-state index >= 15 is 0 Å². The molecule has 0 unspecified atom stereocenters. The van der Waals surface area contributed by atoms with Crippen molar-refractivity contribution in [1.82, 2.24) is 24.9 Å². The Kier molecular flexibility index (Phi) is 4.76. The summed E-state index contributed by atoms with van der Waals surface area (Å²) in [4.78, 5) is 34.9. The number of morpholine rings is 1. The number of fused-ring (bicyclic) bond motifs is 1. The summed E-state index contributed by atoms with van der Waals surface area (Å²) in [5, 5.41) is 9.65. The normalized spacial score (nSPS) is 14.3. The molecule has 2 amide bonds. The Morgan fingerprint density at radius 2 is 1.89 bits per heavy atom. The van der Waals surface area contributed by atoms with Gasteiger partial charge in [-0.2, -0.15) is 0 Å². The molecule has 4 rings (SSSR count). The zero-order valence-corrected chi connectivity index (χ0v) is 15.3. The van der Waals surface area contributed by atoms with Crippen LogP contribution >= 0.6 is 0 Å². The highest BCUT2D eigenvalue weighted by Gasteiger charge is 2.22. The summed E-state index contributed by atoms with van der Waals surface area (Å²) in [7, 11) is 1.84. The predicted octanol–water partition coefficient (Wildman–Crippen LogP) is 1.23. The largest absolute Gasteiger partial charge is 0.378 e. The van der Waals surface area contributed by atoms with Crippen LogP contribution in [0.1, 0.15) is 20.8 Å². The van der Waals surface area contributed by atoms with Crippen LogP contribution in [-0.4, -0.2) is 62.8 Å². The van der Waals surface area contributed by atoms with Crippen LogP contribution in [0.2, 0.25) is 0 Å². The summed E-state index contributed by atoms with van der Waals surface area (Å²) >= 11 is 0. The molecule has 9 nitrogen and oxygen atoms in total. The topological polar surface area (TPSA) is 110 Å². The van der Waals surface area contributed by atoms with Crippen molar-refractivity contribution >= 4 is 22.7 Å². The number of hydroxylamine groups is 1. The lowest BCUT2D eigenvalue weighted by atomic mass is 10.1. The van der Waals surface area contributed by atoms with Crippen molar-refractivity contribution in [1.29, 1.82) is 0 Å². The SMILES string of the molecule is Cn1c(C(=O)N2CCOCC2)cc2cc(-c3cc(C(=O)NO)ccn3)ncc21. The van der Waals surface area contributed by atoms with Crippen LogP contribution in [-0.2, 0) is 11.8 Å². The van der Waals surface area contributed by atoms with E-state index < -0.39 is 5.91 Å². The number of hydrogen-bond donors (Lipinski definition) is 2. The molecule has 28 heavy (non-hydrogen) atoms. The molecule has 4 heterocycles. The van der Waals surface area contributed by atoms with Gasteiger partial charge in [0.25, 0.3) is 11.8 Å². The lowest BCUT2D eigenvalue weighted by Crippen LogP contribution is -2.41. The molecule has 144 valence electrons. The van der Waals surface area contributed by atoms with Crippen molar-refractivity contribution in [2.75, 3.05) is 26.3 Å². The third-order valence-corrected chi connectivity index (χ3v) is 4.83. The number of pyridine rings is 2. The van der Waals surface area contributed by atoms with E-state index in [1.165, 1.54) is 12.3 Å². The minimum Gasteiger partial charge on any atom is -0.378 e. The molecule has 9 heteroatoms. The first-order valence-electron chi connectivity index (χ1n) is 8.82. The molecule has 3 aromatic heterocycles. The fourth-order valence-corrected chi connectivity index (χ4v) is 3.28. The van der Waals surface area contributed by atoms with E-state index in [1.54, 1.807) is 22.6 Å². The monoisotopic (exact) mass is 381 g/mol. The molecule has 1 fully saturated rings. The molecular formula is C19H19N5O4. The molecular weight excluding hydrogens is 362 g/mol. The van der Waals surface area contributed by atoms with Gasteiger partial charge in [-0.1, -0.05) is 0 Å². The maximum atomic E-state index is 12.8. The van der Waals surface area contributed by atoms with Crippen LogP contribution in [0.4, 0.5) is 0 Å². The second kappa shape index (κ2) is 7.37. The van der Waals surface area contributed by atoms with E-state index in [0.29, 0.717) is 43.4 Å². The van der Waals surface area contributed by atoms with E-state index in [4.69, 9.17) is 9.94 Å². The summed E-state index contributed by atoms with van der Waals surface area (Å²) in [5.74, 6) is -0.661. The summed E-state index contributed by atoms with van der Waals surface area (Å²) in [6, 6.07) is 6.70. The van der Waals surface area contributed by atoms with Crippen molar-refractivity contribution in [2.45, 2.75) is 0 Å². The third-order valence-electron chi connectivity index (χ3n) is 4.83. The number of nitrogens with one attached hydrogen (secondary N) is 1. The van der Waals surface area contributed by atoms with Gasteiger partial charge in [-0.25, -0.2) is 5.48 Å². The molecule has 0 saturated carbocycles. The molecule has 1 aliphatic heterocycles. The van der Waals surface area contributed by atoms with Gasteiger partial charge in [0.1, 0.15) is 5.69 Å². The number of rotatable bonds is 3. The van der Waals surface area contributed by atoms with Gasteiger partial charge in [-0.15, -0.1) is 0 Å². The quantitative estimate of drug-likeness (QED) is 0.522. The van der Waals surface area contributed by atoms with Crippen molar-refractivity contribution in [3.8, 4) is 11.4 Å². The van der Waals surface area contributed by atoms with Crippen LogP contribution in [0.15, 0.2) is 36.7 Å². The Bertz CT molecular complexity index is 1060. The Hall–Kier alpha value is -3.30. The van der Waals surface area contributed by atoms with Crippen molar-refractivity contribution < 1.29 is 19.5 Å². The molecule has 0 aromatic carbocycles. The Morgan fingerprint density at radius 3 is 2.64 bits per heavy atom. The second-order valence-corrected chi connectivity index (χ2v) is 6.49. The lowest BCUT2D eigenvalue weighted by Gasteiger charge is -2.26. The minimum atomic E-state index is -0.622. The molecule has 0 atom stereocenters. The van der Waals surface area contributed by atoms with Crippen molar-refractivity contribution in [2.24, 2.45) is 7.05 Å². The van der Waals surface area contributed by atoms with Crippen LogP contribution in [0.5, 0.6) is 0 Å². The number of aromatic nitrogens is 3. The number of nitrogens with zero attached hydrogens (tertiary/aromatic N) is 4. The average molecular weight is 381 g/mol. The van der Waals surface area contributed by atoms with Crippen LogP contribution in [0.25, 0.3) is 22.3 Å². The van der Waals surface area contributed by atoms with Crippen LogP contribution in [0, 0.1) is 0 Å². The van der Waals surface area contributed by atoms with Gasteiger partial charge < -0.3 is 14.2 Å². The lowest BCUT2D eigenvalue weighted by molar-refractivity contribution is 0.0297. The first-order chi connectivity index (χ1) is 13.6. The van der Waals surface area contributed by atoms with E-state index in [1.807, 2.05) is 23.7 Å². The van der Waals surface area contributed by atoms with Gasteiger partial charge in [0.05, 0.1) is 36.3 Å². The molecule has 0 spiro atoms. The molecule has 0 radical (unpaired) electrons. The first kappa shape index (κ1) is 18.1. The highest BCUT2D eigenvalue weighted by Crippen LogP contribution is 2.24. The van der Waals surface area contributed by atoms with Gasteiger partial charge >= 0.3 is 0 Å². The summed E-state index contributed by atoms with van der Waals surface area (Å²) in [6.07, 6.45) is 3.16. The molecule has 2 N–H and O–H groups in total. The van der Waals surface area contributed by atoms with Gasteiger partial charge in [0.15, 0.2) is 0 Å². The summed E-state index contributed by atoms with van der Waals surface area (Å²) in [6.45, 7) is 2.25. The Labute approximate surface area is 160 Å². The fraction of sp³-hybridized carbons (Fsp3) is 0.263. The number of hydrogen-bond acceptors (Lipinski definition) is 6. The molecule has 0 bridgehead atoms.